The maximum absolute atomic E-state index is 12.5. The van der Waals surface area contributed by atoms with Crippen LogP contribution in [-0.2, 0) is 15.0 Å². The van der Waals surface area contributed by atoms with Crippen LogP contribution in [0.15, 0.2) is 0 Å². The van der Waals surface area contributed by atoms with E-state index in [-0.39, 0.29) is 11.9 Å². The molecule has 110 valence electrons. The van der Waals surface area contributed by atoms with Crippen LogP contribution in [0.5, 0.6) is 0 Å². The molecule has 19 heavy (non-hydrogen) atoms. The van der Waals surface area contributed by atoms with Crippen LogP contribution < -0.4 is 5.32 Å². The Labute approximate surface area is 115 Å². The van der Waals surface area contributed by atoms with Crippen LogP contribution in [0.25, 0.3) is 0 Å². The number of carbonyl (C=O) groups excluding carboxylic acids is 1. The van der Waals surface area contributed by atoms with Gasteiger partial charge in [0.2, 0.25) is 5.91 Å². The number of hydrogen-bond donors (Lipinski definition) is 1. The molecule has 0 bridgehead atoms. The minimum absolute atomic E-state index is 0.0502. The Hall–Kier alpha value is -0.660. The van der Waals surface area contributed by atoms with Crippen LogP contribution >= 0.6 is 0 Å². The van der Waals surface area contributed by atoms with Crippen molar-refractivity contribution in [1.82, 2.24) is 13.9 Å². The summed E-state index contributed by atoms with van der Waals surface area (Å²) in [5.41, 5.74) is 0. The van der Waals surface area contributed by atoms with Crippen LogP contribution in [0.2, 0.25) is 0 Å². The highest BCUT2D eigenvalue weighted by Crippen LogP contribution is 2.20. The molecule has 2 aliphatic rings. The molecule has 0 saturated carbocycles. The molecule has 0 aromatic rings. The van der Waals surface area contributed by atoms with E-state index in [2.05, 4.69) is 5.32 Å². The lowest BCUT2D eigenvalue weighted by Gasteiger charge is -2.36. The van der Waals surface area contributed by atoms with Gasteiger partial charge < -0.3 is 5.32 Å². The van der Waals surface area contributed by atoms with Gasteiger partial charge in [0, 0.05) is 39.1 Å². The molecule has 1 amide bonds. The summed E-state index contributed by atoms with van der Waals surface area (Å²) in [5.74, 6) is -0.0952. The normalized spacial score (nSPS) is 27.1. The number of carbonyl (C=O) groups is 1. The van der Waals surface area contributed by atoms with Gasteiger partial charge in [-0.15, -0.1) is 0 Å². The maximum Gasteiger partial charge on any atom is 0.282 e. The molecule has 0 aromatic carbocycles. The number of hydrogen-bond acceptors (Lipinski definition) is 3. The Morgan fingerprint density at radius 3 is 2.32 bits per heavy atom. The van der Waals surface area contributed by atoms with Crippen molar-refractivity contribution in [3.8, 4) is 0 Å². The summed E-state index contributed by atoms with van der Waals surface area (Å²) in [6, 6.07) is -0.0502. The highest BCUT2D eigenvalue weighted by atomic mass is 32.2. The molecule has 0 spiro atoms. The predicted octanol–water partition coefficient (Wildman–Crippen LogP) is 0.318. The van der Waals surface area contributed by atoms with Gasteiger partial charge in [0.15, 0.2) is 0 Å². The first-order chi connectivity index (χ1) is 9.00. The zero-order valence-electron chi connectivity index (χ0n) is 11.5. The van der Waals surface area contributed by atoms with Crippen molar-refractivity contribution in [3.63, 3.8) is 0 Å². The SMILES string of the molecule is CC(=O)NC1CCCN(S(=O)(=O)N2CCCCC2)C1. The molecule has 2 rings (SSSR count). The summed E-state index contributed by atoms with van der Waals surface area (Å²) in [5, 5.41) is 2.82. The average Bonchev–Trinajstić information content (AvgIpc) is 2.39. The Balaban J connectivity index is 2.00. The first-order valence-electron chi connectivity index (χ1n) is 7.02. The third-order valence-corrected chi connectivity index (χ3v) is 5.76. The minimum Gasteiger partial charge on any atom is -0.352 e. The van der Waals surface area contributed by atoms with Gasteiger partial charge in [0.25, 0.3) is 10.2 Å². The Kier molecular flexibility index (Phi) is 4.81. The molecular weight excluding hydrogens is 266 g/mol. The van der Waals surface area contributed by atoms with E-state index in [4.69, 9.17) is 0 Å². The Morgan fingerprint density at radius 2 is 1.68 bits per heavy atom. The van der Waals surface area contributed by atoms with Gasteiger partial charge >= 0.3 is 0 Å². The molecule has 1 unspecified atom stereocenters. The van der Waals surface area contributed by atoms with E-state index in [9.17, 15) is 13.2 Å². The second-order valence-corrected chi connectivity index (χ2v) is 7.29. The quantitative estimate of drug-likeness (QED) is 0.813. The van der Waals surface area contributed by atoms with E-state index < -0.39 is 10.2 Å². The van der Waals surface area contributed by atoms with E-state index in [1.807, 2.05) is 0 Å². The van der Waals surface area contributed by atoms with Crippen LogP contribution in [-0.4, -0.2) is 55.2 Å². The zero-order chi connectivity index (χ0) is 13.9. The summed E-state index contributed by atoms with van der Waals surface area (Å²) >= 11 is 0. The maximum atomic E-state index is 12.5. The highest BCUT2D eigenvalue weighted by molar-refractivity contribution is 7.86. The monoisotopic (exact) mass is 289 g/mol. The van der Waals surface area contributed by atoms with Crippen LogP contribution in [0.3, 0.4) is 0 Å². The van der Waals surface area contributed by atoms with E-state index in [0.717, 1.165) is 32.1 Å². The minimum atomic E-state index is -3.34. The first kappa shape index (κ1) is 14.7. The van der Waals surface area contributed by atoms with Gasteiger partial charge in [-0.2, -0.15) is 17.0 Å². The molecule has 0 aliphatic carbocycles. The Morgan fingerprint density at radius 1 is 1.05 bits per heavy atom. The van der Waals surface area contributed by atoms with E-state index in [1.54, 1.807) is 4.31 Å². The summed E-state index contributed by atoms with van der Waals surface area (Å²) in [6.45, 7) is 3.69. The van der Waals surface area contributed by atoms with Crippen LogP contribution in [0, 0.1) is 0 Å². The molecule has 2 saturated heterocycles. The lowest BCUT2D eigenvalue weighted by molar-refractivity contribution is -0.119. The fourth-order valence-corrected chi connectivity index (χ4v) is 4.59. The first-order valence-corrected chi connectivity index (χ1v) is 8.42. The van der Waals surface area contributed by atoms with Crippen LogP contribution in [0.1, 0.15) is 39.0 Å². The molecule has 0 aromatic heterocycles. The topological polar surface area (TPSA) is 69.7 Å². The fourth-order valence-electron chi connectivity index (χ4n) is 2.82. The second kappa shape index (κ2) is 6.19. The number of nitrogens with one attached hydrogen (secondary N) is 1. The zero-order valence-corrected chi connectivity index (χ0v) is 12.3. The third-order valence-electron chi connectivity index (χ3n) is 3.76. The van der Waals surface area contributed by atoms with Gasteiger partial charge in [0.05, 0.1) is 0 Å². The van der Waals surface area contributed by atoms with Gasteiger partial charge in [-0.05, 0) is 25.7 Å². The fraction of sp³-hybridized carbons (Fsp3) is 0.917. The molecule has 2 heterocycles. The van der Waals surface area contributed by atoms with Gasteiger partial charge in [-0.3, -0.25) is 4.79 Å². The van der Waals surface area contributed by atoms with E-state index >= 15 is 0 Å². The second-order valence-electron chi connectivity index (χ2n) is 5.37. The number of nitrogens with zero attached hydrogens (tertiary/aromatic N) is 2. The smallest absolute Gasteiger partial charge is 0.282 e. The highest BCUT2D eigenvalue weighted by Gasteiger charge is 2.34. The molecule has 2 fully saturated rings. The molecule has 2 aliphatic heterocycles. The van der Waals surface area contributed by atoms with Crippen LogP contribution in [0.4, 0.5) is 0 Å². The van der Waals surface area contributed by atoms with E-state index in [1.165, 1.54) is 11.2 Å². The summed E-state index contributed by atoms with van der Waals surface area (Å²) in [6.07, 6.45) is 4.66. The molecule has 1 N–H and O–H groups in total. The van der Waals surface area contributed by atoms with E-state index in [0.29, 0.717) is 26.2 Å². The number of piperidine rings is 2. The van der Waals surface area contributed by atoms with Crippen molar-refractivity contribution < 1.29 is 13.2 Å². The van der Waals surface area contributed by atoms with Crippen molar-refractivity contribution in [3.05, 3.63) is 0 Å². The van der Waals surface area contributed by atoms with Crippen molar-refractivity contribution >= 4 is 16.1 Å². The largest absolute Gasteiger partial charge is 0.352 e. The molecule has 7 heteroatoms. The lowest BCUT2D eigenvalue weighted by Crippen LogP contribution is -2.53. The third kappa shape index (κ3) is 3.67. The summed E-state index contributed by atoms with van der Waals surface area (Å²) in [7, 11) is -3.34. The standard InChI is InChI=1S/C12H23N3O3S/c1-11(16)13-12-6-5-9-15(10-12)19(17,18)14-7-3-2-4-8-14/h12H,2-10H2,1H3,(H,13,16). The van der Waals surface area contributed by atoms with Crippen molar-refractivity contribution in [2.75, 3.05) is 26.2 Å². The van der Waals surface area contributed by atoms with Crippen molar-refractivity contribution in [2.24, 2.45) is 0 Å². The van der Waals surface area contributed by atoms with Gasteiger partial charge in [0.1, 0.15) is 0 Å². The molecule has 1 atom stereocenters. The van der Waals surface area contributed by atoms with Crippen molar-refractivity contribution in [1.29, 1.82) is 0 Å². The average molecular weight is 289 g/mol. The number of amides is 1. The lowest BCUT2D eigenvalue weighted by atomic mass is 10.1. The van der Waals surface area contributed by atoms with Gasteiger partial charge in [-0.1, -0.05) is 6.42 Å². The number of rotatable bonds is 3. The van der Waals surface area contributed by atoms with Crippen molar-refractivity contribution in [2.45, 2.75) is 45.1 Å². The Bertz CT molecular complexity index is 418. The summed E-state index contributed by atoms with van der Waals surface area (Å²) in [4.78, 5) is 11.1. The molecule has 0 radical (unpaired) electrons. The summed E-state index contributed by atoms with van der Waals surface area (Å²) < 4.78 is 28.1. The molecule has 6 nitrogen and oxygen atoms in total. The predicted molar refractivity (Wildman–Crippen MR) is 72.8 cm³/mol. The molecular formula is C12H23N3O3S. The van der Waals surface area contributed by atoms with Gasteiger partial charge in [-0.25, -0.2) is 0 Å².